The summed E-state index contributed by atoms with van der Waals surface area (Å²) in [4.78, 5) is 2.02. The number of methoxy groups -OCH3 is 1. The summed E-state index contributed by atoms with van der Waals surface area (Å²) in [5, 5.41) is 20.6. The molecule has 0 amide bonds. The standard InChI is InChI=1S/C23H27NO5/c1-27-21-8-4-6-18(12-21)16-28-17-20(25)14-24(15-22-9-5-11-29-22)13-19-7-2-3-10-23(19)26/h2-12,20,25-26H,13-17H2,1H3/t20-/m1/s1. The van der Waals surface area contributed by atoms with Crippen LogP contribution in [0.4, 0.5) is 0 Å². The molecule has 3 aromatic rings. The normalized spacial score (nSPS) is 12.2. The number of rotatable bonds is 11. The van der Waals surface area contributed by atoms with Crippen LogP contribution in [0.5, 0.6) is 11.5 Å². The van der Waals surface area contributed by atoms with Crippen molar-refractivity contribution in [2.45, 2.75) is 25.8 Å². The molecule has 6 nitrogen and oxygen atoms in total. The van der Waals surface area contributed by atoms with Crippen molar-refractivity contribution in [1.29, 1.82) is 0 Å². The van der Waals surface area contributed by atoms with E-state index in [0.29, 0.717) is 26.2 Å². The van der Waals surface area contributed by atoms with E-state index in [1.165, 1.54) is 0 Å². The molecule has 1 atom stereocenters. The summed E-state index contributed by atoms with van der Waals surface area (Å²) >= 11 is 0. The Morgan fingerprint density at radius 3 is 2.66 bits per heavy atom. The van der Waals surface area contributed by atoms with Crippen molar-refractivity contribution in [3.63, 3.8) is 0 Å². The lowest BCUT2D eigenvalue weighted by molar-refractivity contribution is 0.00599. The summed E-state index contributed by atoms with van der Waals surface area (Å²) in [6.45, 7) is 1.99. The van der Waals surface area contributed by atoms with E-state index in [2.05, 4.69) is 0 Å². The van der Waals surface area contributed by atoms with E-state index in [4.69, 9.17) is 13.9 Å². The molecule has 0 radical (unpaired) electrons. The molecule has 0 fully saturated rings. The number of para-hydroxylation sites is 1. The molecule has 1 heterocycles. The van der Waals surface area contributed by atoms with E-state index < -0.39 is 6.10 Å². The summed E-state index contributed by atoms with van der Waals surface area (Å²) in [5.41, 5.74) is 1.78. The Balaban J connectivity index is 1.55. The Morgan fingerprint density at radius 2 is 1.90 bits per heavy atom. The Kier molecular flexibility index (Phi) is 7.69. The molecule has 0 saturated carbocycles. The van der Waals surface area contributed by atoms with Gasteiger partial charge in [-0.25, -0.2) is 0 Å². The lowest BCUT2D eigenvalue weighted by Crippen LogP contribution is -2.34. The number of phenols is 1. The van der Waals surface area contributed by atoms with Crippen LogP contribution in [0.3, 0.4) is 0 Å². The molecule has 0 aliphatic carbocycles. The minimum absolute atomic E-state index is 0.201. The van der Waals surface area contributed by atoms with E-state index in [1.807, 2.05) is 53.4 Å². The first-order valence-corrected chi connectivity index (χ1v) is 9.54. The van der Waals surface area contributed by atoms with Crippen molar-refractivity contribution in [2.24, 2.45) is 0 Å². The summed E-state index contributed by atoms with van der Waals surface area (Å²) < 4.78 is 16.3. The first-order valence-electron chi connectivity index (χ1n) is 9.54. The van der Waals surface area contributed by atoms with Gasteiger partial charge in [-0.2, -0.15) is 0 Å². The van der Waals surface area contributed by atoms with Gasteiger partial charge in [-0.05, 0) is 35.9 Å². The van der Waals surface area contributed by atoms with Crippen molar-refractivity contribution >= 4 is 0 Å². The second-order valence-electron chi connectivity index (χ2n) is 6.90. The molecule has 0 bridgehead atoms. The van der Waals surface area contributed by atoms with Gasteiger partial charge in [0.05, 0.1) is 39.2 Å². The fraction of sp³-hybridized carbons (Fsp3) is 0.304. The van der Waals surface area contributed by atoms with Gasteiger partial charge < -0.3 is 24.1 Å². The molecular formula is C23H27NO5. The maximum absolute atomic E-state index is 10.5. The van der Waals surface area contributed by atoms with Crippen LogP contribution >= 0.6 is 0 Å². The third-order valence-electron chi connectivity index (χ3n) is 4.53. The van der Waals surface area contributed by atoms with Gasteiger partial charge in [0.25, 0.3) is 0 Å². The SMILES string of the molecule is COc1cccc(COC[C@H](O)CN(Cc2ccco2)Cc2ccccc2O)c1. The number of aliphatic hydroxyl groups is 1. The summed E-state index contributed by atoms with van der Waals surface area (Å²) in [6, 6.07) is 18.6. The zero-order valence-corrected chi connectivity index (χ0v) is 16.5. The first-order chi connectivity index (χ1) is 14.1. The Labute approximate surface area is 170 Å². The first kappa shape index (κ1) is 20.9. The van der Waals surface area contributed by atoms with Crippen LogP contribution in [0.1, 0.15) is 16.9 Å². The monoisotopic (exact) mass is 397 g/mol. The molecule has 0 aliphatic heterocycles. The molecule has 0 saturated heterocycles. The topological polar surface area (TPSA) is 75.3 Å². The van der Waals surface area contributed by atoms with E-state index in [-0.39, 0.29) is 12.4 Å². The molecule has 154 valence electrons. The van der Waals surface area contributed by atoms with Crippen molar-refractivity contribution in [1.82, 2.24) is 4.90 Å². The highest BCUT2D eigenvalue weighted by Gasteiger charge is 2.16. The molecule has 0 aliphatic rings. The molecule has 0 unspecified atom stereocenters. The fourth-order valence-electron chi connectivity index (χ4n) is 3.12. The predicted octanol–water partition coefficient (Wildman–Crippen LogP) is 3.57. The van der Waals surface area contributed by atoms with Crippen LogP contribution in [0.2, 0.25) is 0 Å². The number of furan rings is 1. The van der Waals surface area contributed by atoms with Gasteiger partial charge in [0.1, 0.15) is 17.3 Å². The van der Waals surface area contributed by atoms with Gasteiger partial charge >= 0.3 is 0 Å². The molecule has 3 rings (SSSR count). The smallest absolute Gasteiger partial charge is 0.120 e. The number of benzene rings is 2. The Bertz CT molecular complexity index is 865. The van der Waals surface area contributed by atoms with E-state index >= 15 is 0 Å². The molecule has 0 spiro atoms. The van der Waals surface area contributed by atoms with Gasteiger partial charge in [-0.3, -0.25) is 4.90 Å². The Morgan fingerprint density at radius 1 is 1.03 bits per heavy atom. The Hall–Kier alpha value is -2.80. The average Bonchev–Trinajstić information content (AvgIpc) is 3.23. The van der Waals surface area contributed by atoms with Crippen LogP contribution in [0.25, 0.3) is 0 Å². The van der Waals surface area contributed by atoms with E-state index in [1.54, 1.807) is 25.5 Å². The summed E-state index contributed by atoms with van der Waals surface area (Å²) in [6.07, 6.45) is 0.947. The maximum Gasteiger partial charge on any atom is 0.120 e. The molecule has 2 N–H and O–H groups in total. The van der Waals surface area contributed by atoms with Crippen molar-refractivity contribution in [3.05, 3.63) is 83.8 Å². The van der Waals surface area contributed by atoms with Crippen molar-refractivity contribution < 1.29 is 24.1 Å². The number of ether oxygens (including phenoxy) is 2. The number of aromatic hydroxyl groups is 1. The number of nitrogens with zero attached hydrogens (tertiary/aromatic N) is 1. The summed E-state index contributed by atoms with van der Waals surface area (Å²) in [5.74, 6) is 1.81. The largest absolute Gasteiger partial charge is 0.508 e. The quantitative estimate of drug-likeness (QED) is 0.515. The van der Waals surface area contributed by atoms with Crippen molar-refractivity contribution in [3.8, 4) is 11.5 Å². The van der Waals surface area contributed by atoms with E-state index in [9.17, 15) is 10.2 Å². The lowest BCUT2D eigenvalue weighted by atomic mass is 10.1. The molecule has 29 heavy (non-hydrogen) atoms. The minimum Gasteiger partial charge on any atom is -0.508 e. The number of hydrogen-bond acceptors (Lipinski definition) is 6. The van der Waals surface area contributed by atoms with Crippen LogP contribution in [-0.4, -0.2) is 41.5 Å². The highest BCUT2D eigenvalue weighted by molar-refractivity contribution is 5.31. The van der Waals surface area contributed by atoms with Crippen LogP contribution in [0.15, 0.2) is 71.3 Å². The second kappa shape index (κ2) is 10.7. The van der Waals surface area contributed by atoms with Crippen molar-refractivity contribution in [2.75, 3.05) is 20.3 Å². The van der Waals surface area contributed by atoms with Gasteiger partial charge in [-0.15, -0.1) is 0 Å². The predicted molar refractivity (Wildman–Crippen MR) is 110 cm³/mol. The van der Waals surface area contributed by atoms with E-state index in [0.717, 1.165) is 22.6 Å². The summed E-state index contributed by atoms with van der Waals surface area (Å²) in [7, 11) is 1.63. The highest BCUT2D eigenvalue weighted by Crippen LogP contribution is 2.19. The van der Waals surface area contributed by atoms with Gasteiger partial charge in [-0.1, -0.05) is 30.3 Å². The van der Waals surface area contributed by atoms with Gasteiger partial charge in [0.15, 0.2) is 0 Å². The zero-order valence-electron chi connectivity index (χ0n) is 16.5. The van der Waals surface area contributed by atoms with Crippen LogP contribution < -0.4 is 4.74 Å². The minimum atomic E-state index is -0.679. The number of hydrogen-bond donors (Lipinski definition) is 2. The third-order valence-corrected chi connectivity index (χ3v) is 4.53. The number of phenolic OH excluding ortho intramolecular Hbond substituents is 1. The molecule has 2 aromatic carbocycles. The zero-order chi connectivity index (χ0) is 20.5. The number of aliphatic hydroxyl groups excluding tert-OH is 1. The molecular weight excluding hydrogens is 370 g/mol. The fourth-order valence-corrected chi connectivity index (χ4v) is 3.12. The van der Waals surface area contributed by atoms with Gasteiger partial charge in [0, 0.05) is 18.7 Å². The second-order valence-corrected chi connectivity index (χ2v) is 6.90. The maximum atomic E-state index is 10.5. The van der Waals surface area contributed by atoms with Crippen LogP contribution in [-0.2, 0) is 24.4 Å². The van der Waals surface area contributed by atoms with Crippen LogP contribution in [0, 0.1) is 0 Å². The molecule has 1 aromatic heterocycles. The molecule has 6 heteroatoms. The highest BCUT2D eigenvalue weighted by atomic mass is 16.5. The third kappa shape index (κ3) is 6.64. The lowest BCUT2D eigenvalue weighted by Gasteiger charge is -2.24. The van der Waals surface area contributed by atoms with Gasteiger partial charge in [0.2, 0.25) is 0 Å². The average molecular weight is 397 g/mol.